The molecule has 0 bridgehead atoms. The minimum atomic E-state index is -3.04. The number of nitrogens with one attached hydrogen (secondary N) is 1. The molecule has 2 rings (SSSR count). The molecule has 0 spiro atoms. The Balaban J connectivity index is 1.98. The number of piperidine rings is 1. The van der Waals surface area contributed by atoms with E-state index in [1.165, 1.54) is 11.1 Å². The molecule has 4 nitrogen and oxygen atoms in total. The molecule has 2 unspecified atom stereocenters. The van der Waals surface area contributed by atoms with Gasteiger partial charge in [-0.1, -0.05) is 6.07 Å². The van der Waals surface area contributed by atoms with E-state index < -0.39 is 10.0 Å². The summed E-state index contributed by atoms with van der Waals surface area (Å²) in [6.45, 7) is 1.35. The van der Waals surface area contributed by atoms with Crippen molar-refractivity contribution in [3.8, 4) is 0 Å². The van der Waals surface area contributed by atoms with Crippen molar-refractivity contribution in [1.82, 2.24) is 9.62 Å². The Morgan fingerprint density at radius 2 is 2.37 bits per heavy atom. The van der Waals surface area contributed by atoms with E-state index >= 15 is 0 Å². The molecule has 1 aliphatic heterocycles. The standard InChI is InChI=1S/C13H22N2O2S2/c1-14-12(13-6-4-8-18-13)9-11-5-3-7-15(10-11)19(2,16)17/h4,6,8,11-12,14H,3,5,7,9-10H2,1-2H3. The molecule has 1 saturated heterocycles. The van der Waals surface area contributed by atoms with Gasteiger partial charge in [0.2, 0.25) is 10.0 Å². The maximum absolute atomic E-state index is 11.6. The van der Waals surface area contributed by atoms with Crippen molar-refractivity contribution < 1.29 is 8.42 Å². The predicted octanol–water partition coefficient (Wildman–Crippen LogP) is 2.07. The van der Waals surface area contributed by atoms with Crippen molar-refractivity contribution in [2.45, 2.75) is 25.3 Å². The largest absolute Gasteiger partial charge is 0.312 e. The monoisotopic (exact) mass is 302 g/mol. The third kappa shape index (κ3) is 4.02. The molecule has 2 atom stereocenters. The van der Waals surface area contributed by atoms with Gasteiger partial charge in [0.15, 0.2) is 0 Å². The summed E-state index contributed by atoms with van der Waals surface area (Å²) in [6.07, 6.45) is 4.40. The number of sulfonamides is 1. The predicted molar refractivity (Wildman–Crippen MR) is 79.9 cm³/mol. The zero-order valence-corrected chi connectivity index (χ0v) is 13.1. The second kappa shape index (κ2) is 6.35. The van der Waals surface area contributed by atoms with Gasteiger partial charge in [-0.15, -0.1) is 11.3 Å². The Bertz CT molecular complexity index is 485. The van der Waals surface area contributed by atoms with Gasteiger partial charge >= 0.3 is 0 Å². The summed E-state index contributed by atoms with van der Waals surface area (Å²) >= 11 is 1.76. The lowest BCUT2D eigenvalue weighted by Gasteiger charge is -2.32. The molecular formula is C13H22N2O2S2. The van der Waals surface area contributed by atoms with E-state index in [1.807, 2.05) is 7.05 Å². The minimum Gasteiger partial charge on any atom is -0.312 e. The van der Waals surface area contributed by atoms with Crippen molar-refractivity contribution in [2.75, 3.05) is 26.4 Å². The van der Waals surface area contributed by atoms with Crippen LogP contribution in [0.2, 0.25) is 0 Å². The molecule has 19 heavy (non-hydrogen) atoms. The lowest BCUT2D eigenvalue weighted by Crippen LogP contribution is -2.40. The van der Waals surface area contributed by atoms with Gasteiger partial charge in [0.05, 0.1) is 6.26 Å². The van der Waals surface area contributed by atoms with Gasteiger partial charge < -0.3 is 5.32 Å². The van der Waals surface area contributed by atoms with Gasteiger partial charge in [-0.05, 0) is 43.7 Å². The van der Waals surface area contributed by atoms with Crippen molar-refractivity contribution >= 4 is 21.4 Å². The van der Waals surface area contributed by atoms with Crippen LogP contribution in [0.5, 0.6) is 0 Å². The molecule has 108 valence electrons. The van der Waals surface area contributed by atoms with Crippen LogP contribution in [-0.4, -0.2) is 39.1 Å². The summed E-state index contributed by atoms with van der Waals surface area (Å²) in [7, 11) is -1.07. The molecule has 0 aromatic carbocycles. The molecule has 1 aliphatic rings. The molecule has 6 heteroatoms. The van der Waals surface area contributed by atoms with Crippen LogP contribution in [0.3, 0.4) is 0 Å². The van der Waals surface area contributed by atoms with Crippen LogP contribution < -0.4 is 5.32 Å². The Hall–Kier alpha value is -0.430. The molecule has 0 radical (unpaired) electrons. The third-order valence-electron chi connectivity index (χ3n) is 3.75. The fourth-order valence-corrected chi connectivity index (χ4v) is 4.51. The van der Waals surface area contributed by atoms with E-state index in [0.717, 1.165) is 19.3 Å². The summed E-state index contributed by atoms with van der Waals surface area (Å²) in [6, 6.07) is 4.54. The average Bonchev–Trinajstić information content (AvgIpc) is 2.89. The SMILES string of the molecule is CNC(CC1CCCN(S(C)(=O)=O)C1)c1cccs1. The van der Waals surface area contributed by atoms with Gasteiger partial charge in [0, 0.05) is 24.0 Å². The number of nitrogens with zero attached hydrogens (tertiary/aromatic N) is 1. The van der Waals surface area contributed by atoms with Crippen molar-refractivity contribution in [3.63, 3.8) is 0 Å². The smallest absolute Gasteiger partial charge is 0.211 e. The third-order valence-corrected chi connectivity index (χ3v) is 6.01. The number of hydrogen-bond acceptors (Lipinski definition) is 4. The average molecular weight is 302 g/mol. The quantitative estimate of drug-likeness (QED) is 0.906. The van der Waals surface area contributed by atoms with E-state index in [9.17, 15) is 8.42 Å². The molecule has 0 aliphatic carbocycles. The highest BCUT2D eigenvalue weighted by Crippen LogP contribution is 2.30. The second-order valence-corrected chi connectivity index (χ2v) is 8.18. The van der Waals surface area contributed by atoms with Crippen LogP contribution in [0.15, 0.2) is 17.5 Å². The summed E-state index contributed by atoms with van der Waals surface area (Å²) in [5, 5.41) is 5.43. The lowest BCUT2D eigenvalue weighted by atomic mass is 9.92. The topological polar surface area (TPSA) is 49.4 Å². The van der Waals surface area contributed by atoms with Gasteiger partial charge in [0.1, 0.15) is 0 Å². The first-order valence-electron chi connectivity index (χ1n) is 6.66. The maximum Gasteiger partial charge on any atom is 0.211 e. The van der Waals surface area contributed by atoms with Crippen molar-refractivity contribution in [3.05, 3.63) is 22.4 Å². The van der Waals surface area contributed by atoms with Crippen LogP contribution in [0.4, 0.5) is 0 Å². The van der Waals surface area contributed by atoms with Crippen LogP contribution in [0.25, 0.3) is 0 Å². The Morgan fingerprint density at radius 3 is 2.95 bits per heavy atom. The number of thiophene rings is 1. The maximum atomic E-state index is 11.6. The highest BCUT2D eigenvalue weighted by molar-refractivity contribution is 7.88. The Kier molecular flexibility index (Phi) is 5.00. The molecule has 1 aromatic heterocycles. The fraction of sp³-hybridized carbons (Fsp3) is 0.692. The summed E-state index contributed by atoms with van der Waals surface area (Å²) in [4.78, 5) is 1.33. The van der Waals surface area contributed by atoms with Gasteiger partial charge in [-0.3, -0.25) is 0 Å². The first-order chi connectivity index (χ1) is 9.00. The highest BCUT2D eigenvalue weighted by atomic mass is 32.2. The molecule has 1 N–H and O–H groups in total. The van der Waals surface area contributed by atoms with Crippen LogP contribution in [0.1, 0.15) is 30.2 Å². The van der Waals surface area contributed by atoms with E-state index in [2.05, 4.69) is 22.8 Å². The molecule has 2 heterocycles. The number of rotatable bonds is 5. The van der Waals surface area contributed by atoms with E-state index in [-0.39, 0.29) is 0 Å². The van der Waals surface area contributed by atoms with Crippen LogP contribution in [0, 0.1) is 5.92 Å². The fourth-order valence-electron chi connectivity index (χ4n) is 2.72. The van der Waals surface area contributed by atoms with Crippen molar-refractivity contribution in [1.29, 1.82) is 0 Å². The summed E-state index contributed by atoms with van der Waals surface area (Å²) < 4.78 is 24.9. The van der Waals surface area contributed by atoms with Gasteiger partial charge in [-0.25, -0.2) is 12.7 Å². The summed E-state index contributed by atoms with van der Waals surface area (Å²) in [5.41, 5.74) is 0. The van der Waals surface area contributed by atoms with E-state index in [0.29, 0.717) is 25.0 Å². The lowest BCUT2D eigenvalue weighted by molar-refractivity contribution is 0.241. The first kappa shape index (κ1) is 15.0. The Labute approximate surface area is 119 Å². The summed E-state index contributed by atoms with van der Waals surface area (Å²) in [5.74, 6) is 0.447. The van der Waals surface area contributed by atoms with E-state index in [1.54, 1.807) is 15.6 Å². The second-order valence-electron chi connectivity index (χ2n) is 5.22. The molecule has 0 saturated carbocycles. The number of hydrogen-bond donors (Lipinski definition) is 1. The molecular weight excluding hydrogens is 280 g/mol. The van der Waals surface area contributed by atoms with E-state index in [4.69, 9.17) is 0 Å². The molecule has 0 amide bonds. The molecule has 1 aromatic rings. The molecule has 1 fully saturated rings. The normalized spacial score (nSPS) is 23.4. The zero-order valence-electron chi connectivity index (χ0n) is 11.5. The Morgan fingerprint density at radius 1 is 1.58 bits per heavy atom. The van der Waals surface area contributed by atoms with Crippen LogP contribution >= 0.6 is 11.3 Å². The zero-order chi connectivity index (χ0) is 13.9. The first-order valence-corrected chi connectivity index (χ1v) is 9.39. The minimum absolute atomic E-state index is 0.338. The van der Waals surface area contributed by atoms with Crippen molar-refractivity contribution in [2.24, 2.45) is 5.92 Å². The highest BCUT2D eigenvalue weighted by Gasteiger charge is 2.27. The van der Waals surface area contributed by atoms with Gasteiger partial charge in [0.25, 0.3) is 0 Å². The van der Waals surface area contributed by atoms with Crippen LogP contribution in [-0.2, 0) is 10.0 Å². The van der Waals surface area contributed by atoms with Gasteiger partial charge in [-0.2, -0.15) is 0 Å².